The van der Waals surface area contributed by atoms with Gasteiger partial charge in [-0.15, -0.1) is 0 Å². The number of ether oxygens (including phenoxy) is 1. The van der Waals surface area contributed by atoms with Crippen molar-refractivity contribution >= 4 is 5.91 Å². The number of hydrogen-bond acceptors (Lipinski definition) is 3. The van der Waals surface area contributed by atoms with Gasteiger partial charge >= 0.3 is 0 Å². The van der Waals surface area contributed by atoms with Gasteiger partial charge in [0, 0.05) is 27.2 Å². The van der Waals surface area contributed by atoms with E-state index >= 15 is 0 Å². The van der Waals surface area contributed by atoms with Gasteiger partial charge in [-0.1, -0.05) is 6.92 Å². The highest BCUT2D eigenvalue weighted by atomic mass is 16.5. The minimum absolute atomic E-state index is 0.0296. The Morgan fingerprint density at radius 2 is 2.24 bits per heavy atom. The predicted molar refractivity (Wildman–Crippen MR) is 69.0 cm³/mol. The fourth-order valence-electron chi connectivity index (χ4n) is 2.27. The number of rotatable bonds is 5. The molecule has 1 fully saturated rings. The molecule has 0 aromatic carbocycles. The van der Waals surface area contributed by atoms with Crippen LogP contribution in [0, 0.1) is 0 Å². The lowest BCUT2D eigenvalue weighted by atomic mass is 10.1. The van der Waals surface area contributed by atoms with Gasteiger partial charge in [0.25, 0.3) is 0 Å². The second-order valence-electron chi connectivity index (χ2n) is 5.04. The summed E-state index contributed by atoms with van der Waals surface area (Å²) in [5, 5.41) is 0. The summed E-state index contributed by atoms with van der Waals surface area (Å²) in [6, 6.07) is -0.0296. The van der Waals surface area contributed by atoms with Gasteiger partial charge < -0.3 is 9.64 Å². The zero-order chi connectivity index (χ0) is 12.8. The maximum absolute atomic E-state index is 11.9. The van der Waals surface area contributed by atoms with E-state index in [1.807, 2.05) is 21.0 Å². The Bertz CT molecular complexity index is 244. The summed E-state index contributed by atoms with van der Waals surface area (Å²) < 4.78 is 5.79. The number of likely N-dealkylation sites (N-methyl/N-ethyl adjacent to an activating group) is 1. The van der Waals surface area contributed by atoms with Gasteiger partial charge in [0.15, 0.2) is 0 Å². The zero-order valence-corrected chi connectivity index (χ0v) is 11.6. The molecule has 0 saturated carbocycles. The molecule has 1 aliphatic rings. The summed E-state index contributed by atoms with van der Waals surface area (Å²) >= 11 is 0. The summed E-state index contributed by atoms with van der Waals surface area (Å²) in [5.41, 5.74) is 0. The lowest BCUT2D eigenvalue weighted by molar-refractivity contribution is -0.135. The van der Waals surface area contributed by atoms with Crippen LogP contribution in [0.3, 0.4) is 0 Å². The standard InChI is InChI=1S/C13H26N2O2/c1-5-9-17-12-7-6-8-15(10-12)11(2)13(16)14(3)4/h11-12H,5-10H2,1-4H3/t11-,12+/m1/s1. The molecule has 17 heavy (non-hydrogen) atoms. The van der Waals surface area contributed by atoms with Crippen LogP contribution < -0.4 is 0 Å². The molecule has 0 N–H and O–H groups in total. The third kappa shape index (κ3) is 4.28. The Hall–Kier alpha value is -0.610. The van der Waals surface area contributed by atoms with Crippen molar-refractivity contribution in [1.82, 2.24) is 9.80 Å². The van der Waals surface area contributed by atoms with Gasteiger partial charge in [-0.3, -0.25) is 9.69 Å². The van der Waals surface area contributed by atoms with Crippen LogP contribution in [0.4, 0.5) is 0 Å². The van der Waals surface area contributed by atoms with Crippen LogP contribution in [0.1, 0.15) is 33.1 Å². The lowest BCUT2D eigenvalue weighted by Gasteiger charge is -2.36. The van der Waals surface area contributed by atoms with Crippen LogP contribution in [0.25, 0.3) is 0 Å². The van der Waals surface area contributed by atoms with Crippen molar-refractivity contribution in [2.24, 2.45) is 0 Å². The average molecular weight is 242 g/mol. The van der Waals surface area contributed by atoms with E-state index in [0.29, 0.717) is 6.10 Å². The van der Waals surface area contributed by atoms with Crippen molar-refractivity contribution in [3.05, 3.63) is 0 Å². The molecule has 1 rings (SSSR count). The van der Waals surface area contributed by atoms with Crippen LogP contribution in [0.5, 0.6) is 0 Å². The molecule has 1 heterocycles. The van der Waals surface area contributed by atoms with E-state index in [9.17, 15) is 4.79 Å². The van der Waals surface area contributed by atoms with Crippen molar-refractivity contribution < 1.29 is 9.53 Å². The third-order valence-corrected chi connectivity index (χ3v) is 3.31. The van der Waals surface area contributed by atoms with E-state index in [2.05, 4.69) is 11.8 Å². The number of piperidine rings is 1. The maximum atomic E-state index is 11.9. The molecular formula is C13H26N2O2. The van der Waals surface area contributed by atoms with Crippen molar-refractivity contribution in [3.63, 3.8) is 0 Å². The van der Waals surface area contributed by atoms with E-state index in [1.165, 1.54) is 0 Å². The Balaban J connectivity index is 2.45. The highest BCUT2D eigenvalue weighted by Gasteiger charge is 2.28. The van der Waals surface area contributed by atoms with Crippen LogP contribution in [0.15, 0.2) is 0 Å². The van der Waals surface area contributed by atoms with Crippen molar-refractivity contribution in [2.75, 3.05) is 33.8 Å². The second-order valence-corrected chi connectivity index (χ2v) is 5.04. The molecule has 1 saturated heterocycles. The summed E-state index contributed by atoms with van der Waals surface area (Å²) in [7, 11) is 3.63. The topological polar surface area (TPSA) is 32.8 Å². The van der Waals surface area contributed by atoms with E-state index < -0.39 is 0 Å². The molecular weight excluding hydrogens is 216 g/mol. The SMILES string of the molecule is CCCO[C@H]1CCCN([C@H](C)C(=O)N(C)C)C1. The summed E-state index contributed by atoms with van der Waals surface area (Å²) in [5.74, 6) is 0.182. The monoisotopic (exact) mass is 242 g/mol. The molecule has 4 heteroatoms. The molecule has 0 unspecified atom stereocenters. The minimum Gasteiger partial charge on any atom is -0.377 e. The lowest BCUT2D eigenvalue weighted by Crippen LogP contribution is -2.50. The van der Waals surface area contributed by atoms with Crippen molar-refractivity contribution in [3.8, 4) is 0 Å². The van der Waals surface area contributed by atoms with Crippen LogP contribution in [-0.4, -0.2) is 61.6 Å². The van der Waals surface area contributed by atoms with Crippen molar-refractivity contribution in [2.45, 2.75) is 45.3 Å². The molecule has 1 aliphatic heterocycles. The molecule has 0 aromatic rings. The quantitative estimate of drug-likeness (QED) is 0.729. The summed E-state index contributed by atoms with van der Waals surface area (Å²) in [6.45, 7) is 6.84. The first kappa shape index (κ1) is 14.5. The first-order valence-electron chi connectivity index (χ1n) is 6.63. The Morgan fingerprint density at radius 1 is 1.53 bits per heavy atom. The van der Waals surface area contributed by atoms with Crippen molar-refractivity contribution in [1.29, 1.82) is 0 Å². The summed E-state index contributed by atoms with van der Waals surface area (Å²) in [4.78, 5) is 15.8. The highest BCUT2D eigenvalue weighted by molar-refractivity contribution is 5.80. The van der Waals surface area contributed by atoms with Crippen LogP contribution in [0.2, 0.25) is 0 Å². The first-order chi connectivity index (χ1) is 8.06. The molecule has 0 radical (unpaired) electrons. The van der Waals surface area contributed by atoms with Gasteiger partial charge in [-0.25, -0.2) is 0 Å². The molecule has 4 nitrogen and oxygen atoms in total. The van der Waals surface area contributed by atoms with Crippen LogP contribution in [-0.2, 0) is 9.53 Å². The third-order valence-electron chi connectivity index (χ3n) is 3.31. The highest BCUT2D eigenvalue weighted by Crippen LogP contribution is 2.16. The van der Waals surface area contributed by atoms with Gasteiger partial charge in [0.05, 0.1) is 12.1 Å². The van der Waals surface area contributed by atoms with Gasteiger partial charge in [-0.2, -0.15) is 0 Å². The number of nitrogens with zero attached hydrogens (tertiary/aromatic N) is 2. The normalized spacial score (nSPS) is 23.4. The Morgan fingerprint density at radius 3 is 2.82 bits per heavy atom. The number of likely N-dealkylation sites (tertiary alicyclic amines) is 1. The van der Waals surface area contributed by atoms with E-state index in [-0.39, 0.29) is 11.9 Å². The molecule has 100 valence electrons. The predicted octanol–water partition coefficient (Wildman–Crippen LogP) is 1.35. The molecule has 0 aromatic heterocycles. The number of amides is 1. The minimum atomic E-state index is -0.0296. The van der Waals surface area contributed by atoms with Gasteiger partial charge in [-0.05, 0) is 32.7 Å². The molecule has 0 aliphatic carbocycles. The number of carbonyl (C=O) groups excluding carboxylic acids is 1. The molecule has 0 bridgehead atoms. The van der Waals surface area contributed by atoms with Gasteiger partial charge in [0.1, 0.15) is 0 Å². The second kappa shape index (κ2) is 6.97. The Labute approximate surface area is 105 Å². The van der Waals surface area contributed by atoms with E-state index in [4.69, 9.17) is 4.74 Å². The fourth-order valence-corrected chi connectivity index (χ4v) is 2.27. The van der Waals surface area contributed by atoms with Crippen LogP contribution >= 0.6 is 0 Å². The van der Waals surface area contributed by atoms with E-state index in [0.717, 1.165) is 39.0 Å². The summed E-state index contributed by atoms with van der Waals surface area (Å²) in [6.07, 6.45) is 3.61. The zero-order valence-electron chi connectivity index (χ0n) is 11.6. The average Bonchev–Trinajstić information content (AvgIpc) is 2.34. The smallest absolute Gasteiger partial charge is 0.239 e. The molecule has 1 amide bonds. The van der Waals surface area contributed by atoms with E-state index in [1.54, 1.807) is 4.90 Å². The fraction of sp³-hybridized carbons (Fsp3) is 0.923. The maximum Gasteiger partial charge on any atom is 0.239 e. The Kier molecular flexibility index (Phi) is 5.92. The number of hydrogen-bond donors (Lipinski definition) is 0. The molecule has 2 atom stereocenters. The first-order valence-corrected chi connectivity index (χ1v) is 6.63. The largest absolute Gasteiger partial charge is 0.377 e. The molecule has 0 spiro atoms. The van der Waals surface area contributed by atoms with Gasteiger partial charge in [0.2, 0.25) is 5.91 Å². The number of carbonyl (C=O) groups is 1.